The van der Waals surface area contributed by atoms with Crippen molar-refractivity contribution in [2.75, 3.05) is 17.4 Å². The van der Waals surface area contributed by atoms with Crippen LogP contribution in [0.15, 0.2) is 30.5 Å². The van der Waals surface area contributed by atoms with E-state index in [1.54, 1.807) is 29.8 Å². The maximum absolute atomic E-state index is 12.1. The van der Waals surface area contributed by atoms with Gasteiger partial charge in [-0.05, 0) is 19.1 Å². The Balaban J connectivity index is 1.63. The van der Waals surface area contributed by atoms with E-state index in [2.05, 4.69) is 15.7 Å². The summed E-state index contributed by atoms with van der Waals surface area (Å²) in [4.78, 5) is 12.1. The Labute approximate surface area is 121 Å². The van der Waals surface area contributed by atoms with Gasteiger partial charge in [0, 0.05) is 31.1 Å². The summed E-state index contributed by atoms with van der Waals surface area (Å²) in [5.74, 6) is 1.83. The van der Waals surface area contributed by atoms with Gasteiger partial charge in [-0.25, -0.2) is 0 Å². The molecule has 2 N–H and O–H groups in total. The highest BCUT2D eigenvalue weighted by Crippen LogP contribution is 2.34. The van der Waals surface area contributed by atoms with Crippen LogP contribution < -0.4 is 20.1 Å². The van der Waals surface area contributed by atoms with Crippen molar-refractivity contribution in [2.45, 2.75) is 13.0 Å². The molecule has 2 aromatic rings. The number of aromatic nitrogens is 2. The van der Waals surface area contributed by atoms with Gasteiger partial charge in [0.05, 0.1) is 0 Å². The number of hydrogen-bond acceptors (Lipinski definition) is 5. The van der Waals surface area contributed by atoms with E-state index < -0.39 is 6.04 Å². The Morgan fingerprint density at radius 2 is 2.14 bits per heavy atom. The van der Waals surface area contributed by atoms with Gasteiger partial charge in [0.2, 0.25) is 12.7 Å². The number of aryl methyl sites for hydroxylation is 1. The lowest BCUT2D eigenvalue weighted by Crippen LogP contribution is -2.32. The molecular weight excluding hydrogens is 272 g/mol. The summed E-state index contributed by atoms with van der Waals surface area (Å²) in [5, 5.41) is 10.0. The van der Waals surface area contributed by atoms with Crippen molar-refractivity contribution in [3.63, 3.8) is 0 Å². The summed E-state index contributed by atoms with van der Waals surface area (Å²) in [6.07, 6.45) is 1.81. The fourth-order valence-corrected chi connectivity index (χ4v) is 2.00. The molecule has 0 fully saturated rings. The van der Waals surface area contributed by atoms with Gasteiger partial charge in [0.1, 0.15) is 11.9 Å². The number of anilines is 2. The number of carbonyl (C=O) groups excluding carboxylic acids is 1. The van der Waals surface area contributed by atoms with E-state index in [0.29, 0.717) is 23.0 Å². The van der Waals surface area contributed by atoms with Gasteiger partial charge in [-0.15, -0.1) is 0 Å². The summed E-state index contributed by atoms with van der Waals surface area (Å²) in [6.45, 7) is 1.99. The molecule has 1 unspecified atom stereocenters. The molecule has 1 aromatic heterocycles. The molecule has 110 valence electrons. The zero-order valence-corrected chi connectivity index (χ0v) is 11.8. The fraction of sp³-hybridized carbons (Fsp3) is 0.286. The van der Waals surface area contributed by atoms with Crippen molar-refractivity contribution in [2.24, 2.45) is 7.05 Å². The molecule has 0 radical (unpaired) electrons. The average Bonchev–Trinajstić information content (AvgIpc) is 3.07. The molecule has 7 nitrogen and oxygen atoms in total. The van der Waals surface area contributed by atoms with Crippen LogP contribution in [0.1, 0.15) is 6.92 Å². The molecule has 21 heavy (non-hydrogen) atoms. The first kappa shape index (κ1) is 13.3. The van der Waals surface area contributed by atoms with Crippen molar-refractivity contribution in [3.05, 3.63) is 30.5 Å². The van der Waals surface area contributed by atoms with Crippen LogP contribution in [-0.2, 0) is 11.8 Å². The largest absolute Gasteiger partial charge is 0.454 e. The molecule has 0 saturated carbocycles. The van der Waals surface area contributed by atoms with Crippen molar-refractivity contribution in [1.29, 1.82) is 0 Å². The lowest BCUT2D eigenvalue weighted by atomic mass is 10.2. The van der Waals surface area contributed by atoms with Gasteiger partial charge in [0.15, 0.2) is 11.5 Å². The molecule has 1 aromatic carbocycles. The summed E-state index contributed by atoms with van der Waals surface area (Å²) >= 11 is 0. The SMILES string of the molecule is CC(Nc1ccn(C)n1)C(=O)Nc1ccc2c(c1)OCO2. The van der Waals surface area contributed by atoms with E-state index in [-0.39, 0.29) is 12.7 Å². The van der Waals surface area contributed by atoms with Gasteiger partial charge in [-0.1, -0.05) is 0 Å². The zero-order valence-electron chi connectivity index (χ0n) is 11.8. The Morgan fingerprint density at radius 1 is 1.33 bits per heavy atom. The molecule has 2 heterocycles. The second-order valence-corrected chi connectivity index (χ2v) is 4.80. The highest BCUT2D eigenvalue weighted by Gasteiger charge is 2.17. The minimum Gasteiger partial charge on any atom is -0.454 e. The van der Waals surface area contributed by atoms with Crippen molar-refractivity contribution in [1.82, 2.24) is 9.78 Å². The lowest BCUT2D eigenvalue weighted by molar-refractivity contribution is -0.116. The Hall–Kier alpha value is -2.70. The van der Waals surface area contributed by atoms with Crippen LogP contribution in [0, 0.1) is 0 Å². The number of benzene rings is 1. The van der Waals surface area contributed by atoms with Crippen LogP contribution in [0.5, 0.6) is 11.5 Å². The second kappa shape index (κ2) is 5.35. The van der Waals surface area contributed by atoms with Crippen LogP contribution in [-0.4, -0.2) is 28.5 Å². The third-order valence-electron chi connectivity index (χ3n) is 3.11. The van der Waals surface area contributed by atoms with Crippen LogP contribution in [0.3, 0.4) is 0 Å². The standard InChI is InChI=1S/C14H16N4O3/c1-9(15-13-5-6-18(2)17-13)14(19)16-10-3-4-11-12(7-10)21-8-20-11/h3-7,9H,8H2,1-2H3,(H,15,17)(H,16,19). The van der Waals surface area contributed by atoms with E-state index in [0.717, 1.165) is 0 Å². The molecule has 7 heteroatoms. The van der Waals surface area contributed by atoms with Gasteiger partial charge in [0.25, 0.3) is 0 Å². The molecule has 3 rings (SSSR count). The second-order valence-electron chi connectivity index (χ2n) is 4.80. The molecule has 1 aliphatic rings. The maximum Gasteiger partial charge on any atom is 0.246 e. The molecule has 0 spiro atoms. The van der Waals surface area contributed by atoms with E-state index in [9.17, 15) is 4.79 Å². The van der Waals surface area contributed by atoms with E-state index >= 15 is 0 Å². The van der Waals surface area contributed by atoms with Crippen molar-refractivity contribution < 1.29 is 14.3 Å². The summed E-state index contributed by atoms with van der Waals surface area (Å²) in [6, 6.07) is 6.69. The molecule has 1 atom stereocenters. The number of amides is 1. The predicted octanol–water partition coefficient (Wildman–Crippen LogP) is 1.59. The minimum atomic E-state index is -0.412. The lowest BCUT2D eigenvalue weighted by Gasteiger charge is -2.13. The molecule has 0 bridgehead atoms. The number of nitrogens with one attached hydrogen (secondary N) is 2. The first-order chi connectivity index (χ1) is 10.1. The summed E-state index contributed by atoms with van der Waals surface area (Å²) in [5.41, 5.74) is 0.666. The van der Waals surface area contributed by atoms with Gasteiger partial charge >= 0.3 is 0 Å². The number of carbonyl (C=O) groups is 1. The number of rotatable bonds is 4. The number of fused-ring (bicyclic) bond motifs is 1. The normalized spacial score (nSPS) is 13.8. The predicted molar refractivity (Wildman–Crippen MR) is 77.5 cm³/mol. The smallest absolute Gasteiger partial charge is 0.246 e. The number of hydrogen-bond donors (Lipinski definition) is 2. The topological polar surface area (TPSA) is 77.4 Å². The molecule has 0 aliphatic carbocycles. The van der Waals surface area contributed by atoms with Crippen LogP contribution in [0.4, 0.5) is 11.5 Å². The van der Waals surface area contributed by atoms with Crippen LogP contribution in [0.25, 0.3) is 0 Å². The monoisotopic (exact) mass is 288 g/mol. The third kappa shape index (κ3) is 2.91. The fourth-order valence-electron chi connectivity index (χ4n) is 2.00. The first-order valence-corrected chi connectivity index (χ1v) is 6.58. The highest BCUT2D eigenvalue weighted by molar-refractivity contribution is 5.96. The Kier molecular flexibility index (Phi) is 3.39. The zero-order chi connectivity index (χ0) is 14.8. The average molecular weight is 288 g/mol. The third-order valence-corrected chi connectivity index (χ3v) is 3.11. The maximum atomic E-state index is 12.1. The van der Waals surface area contributed by atoms with Crippen molar-refractivity contribution >= 4 is 17.4 Å². The van der Waals surface area contributed by atoms with Gasteiger partial charge in [-0.2, -0.15) is 5.10 Å². The molecule has 1 amide bonds. The molecule has 1 aliphatic heterocycles. The summed E-state index contributed by atoms with van der Waals surface area (Å²) < 4.78 is 12.2. The van der Waals surface area contributed by atoms with Crippen molar-refractivity contribution in [3.8, 4) is 11.5 Å². The van der Waals surface area contributed by atoms with Crippen LogP contribution >= 0.6 is 0 Å². The Bertz CT molecular complexity index is 668. The number of ether oxygens (including phenoxy) is 2. The summed E-state index contributed by atoms with van der Waals surface area (Å²) in [7, 11) is 1.82. The van der Waals surface area contributed by atoms with E-state index in [1.807, 2.05) is 19.3 Å². The molecule has 0 saturated heterocycles. The Morgan fingerprint density at radius 3 is 2.90 bits per heavy atom. The van der Waals surface area contributed by atoms with E-state index in [1.165, 1.54) is 0 Å². The quantitative estimate of drug-likeness (QED) is 0.893. The molecular formula is C14H16N4O3. The van der Waals surface area contributed by atoms with E-state index in [4.69, 9.17) is 9.47 Å². The van der Waals surface area contributed by atoms with Gasteiger partial charge < -0.3 is 20.1 Å². The van der Waals surface area contributed by atoms with Gasteiger partial charge in [-0.3, -0.25) is 9.48 Å². The van der Waals surface area contributed by atoms with Crippen LogP contribution in [0.2, 0.25) is 0 Å². The minimum absolute atomic E-state index is 0.153. The highest BCUT2D eigenvalue weighted by atomic mass is 16.7. The first-order valence-electron chi connectivity index (χ1n) is 6.58. The number of nitrogens with zero attached hydrogens (tertiary/aromatic N) is 2.